The van der Waals surface area contributed by atoms with E-state index in [1.165, 1.54) is 5.56 Å². The first-order valence-electron chi connectivity index (χ1n) is 11.2. The molecule has 9 heteroatoms. The predicted octanol–water partition coefficient (Wildman–Crippen LogP) is 2.52. The molecule has 1 aromatic heterocycles. The van der Waals surface area contributed by atoms with E-state index in [1.54, 1.807) is 11.8 Å². The second kappa shape index (κ2) is 10.4. The van der Waals surface area contributed by atoms with Gasteiger partial charge in [0, 0.05) is 26.2 Å². The van der Waals surface area contributed by atoms with Gasteiger partial charge in [-0.05, 0) is 58.3 Å². The van der Waals surface area contributed by atoms with E-state index in [9.17, 15) is 4.79 Å². The molecule has 2 aromatic carbocycles. The lowest BCUT2D eigenvalue weighted by Gasteiger charge is -2.34. The van der Waals surface area contributed by atoms with Gasteiger partial charge >= 0.3 is 0 Å². The van der Waals surface area contributed by atoms with E-state index < -0.39 is 0 Å². The molecule has 9 nitrogen and oxygen atoms in total. The lowest BCUT2D eigenvalue weighted by Crippen LogP contribution is -2.49. The Morgan fingerprint density at radius 2 is 1.64 bits per heavy atom. The summed E-state index contributed by atoms with van der Waals surface area (Å²) in [7, 11) is 1.64. The van der Waals surface area contributed by atoms with Crippen LogP contribution in [0.15, 0.2) is 48.5 Å². The molecule has 0 unspecified atom stereocenters. The normalized spacial score (nSPS) is 14.5. The maximum atomic E-state index is 12.6. The smallest absolute Gasteiger partial charge is 0.260 e. The van der Waals surface area contributed by atoms with E-state index >= 15 is 0 Å². The molecule has 0 aliphatic carbocycles. The first kappa shape index (κ1) is 22.7. The van der Waals surface area contributed by atoms with Crippen LogP contribution < -0.4 is 9.47 Å². The fourth-order valence-corrected chi connectivity index (χ4v) is 3.77. The SMILES string of the molecule is COc1ccc(-n2nnnc2CN2CCN(C(=O)COc3ccc(C(C)C)cc3)CC2)cc1. The number of nitrogens with zero attached hydrogens (tertiary/aromatic N) is 6. The first-order chi connectivity index (χ1) is 16.0. The molecule has 0 saturated carbocycles. The largest absolute Gasteiger partial charge is 0.497 e. The summed E-state index contributed by atoms with van der Waals surface area (Å²) < 4.78 is 12.6. The van der Waals surface area contributed by atoms with Crippen molar-refractivity contribution in [3.63, 3.8) is 0 Å². The Kier molecular flexibility index (Phi) is 7.19. The highest BCUT2D eigenvalue weighted by Crippen LogP contribution is 2.19. The number of hydrogen-bond acceptors (Lipinski definition) is 7. The monoisotopic (exact) mass is 450 g/mol. The summed E-state index contributed by atoms with van der Waals surface area (Å²) in [5, 5.41) is 12.2. The third kappa shape index (κ3) is 5.67. The van der Waals surface area contributed by atoms with Crippen LogP contribution in [0, 0.1) is 0 Å². The summed E-state index contributed by atoms with van der Waals surface area (Å²) in [4.78, 5) is 16.7. The van der Waals surface area contributed by atoms with E-state index in [0.717, 1.165) is 36.1 Å². The minimum absolute atomic E-state index is 0.00523. The molecular weight excluding hydrogens is 420 g/mol. The topological polar surface area (TPSA) is 85.6 Å². The van der Waals surface area contributed by atoms with Crippen molar-refractivity contribution in [3.05, 3.63) is 59.9 Å². The Morgan fingerprint density at radius 1 is 0.970 bits per heavy atom. The minimum Gasteiger partial charge on any atom is -0.497 e. The zero-order valence-electron chi connectivity index (χ0n) is 19.3. The van der Waals surface area contributed by atoms with Gasteiger partial charge in [-0.3, -0.25) is 9.69 Å². The van der Waals surface area contributed by atoms with Gasteiger partial charge in [0.05, 0.1) is 19.3 Å². The van der Waals surface area contributed by atoms with Crippen LogP contribution in [0.1, 0.15) is 31.2 Å². The Labute approximate surface area is 193 Å². The summed E-state index contributed by atoms with van der Waals surface area (Å²) in [5.41, 5.74) is 2.13. The lowest BCUT2D eigenvalue weighted by atomic mass is 10.0. The number of piperazine rings is 1. The zero-order valence-corrected chi connectivity index (χ0v) is 19.3. The Morgan fingerprint density at radius 3 is 2.27 bits per heavy atom. The quantitative estimate of drug-likeness (QED) is 0.521. The standard InChI is InChI=1S/C24H30N6O3/c1-18(2)19-4-8-22(9-5-19)33-17-24(31)29-14-12-28(13-15-29)16-23-25-26-27-30(23)20-6-10-21(32-3)11-7-20/h4-11,18H,12-17H2,1-3H3. The molecule has 174 valence electrons. The predicted molar refractivity (Wildman–Crippen MR) is 124 cm³/mol. The number of ether oxygens (including phenoxy) is 2. The lowest BCUT2D eigenvalue weighted by molar-refractivity contribution is -0.135. The maximum absolute atomic E-state index is 12.6. The molecule has 4 rings (SSSR count). The van der Waals surface area contributed by atoms with Crippen LogP contribution in [0.25, 0.3) is 5.69 Å². The maximum Gasteiger partial charge on any atom is 0.260 e. The molecule has 3 aromatic rings. The number of carbonyl (C=O) groups excluding carboxylic acids is 1. The fourth-order valence-electron chi connectivity index (χ4n) is 3.77. The number of aromatic nitrogens is 4. The number of tetrazole rings is 1. The van der Waals surface area contributed by atoms with E-state index in [2.05, 4.69) is 34.3 Å². The van der Waals surface area contributed by atoms with Crippen molar-refractivity contribution in [2.45, 2.75) is 26.3 Å². The van der Waals surface area contributed by atoms with Gasteiger partial charge in [0.25, 0.3) is 5.91 Å². The number of hydrogen-bond donors (Lipinski definition) is 0. The van der Waals surface area contributed by atoms with Gasteiger partial charge in [-0.25, -0.2) is 0 Å². The summed E-state index contributed by atoms with van der Waals surface area (Å²) >= 11 is 0. The van der Waals surface area contributed by atoms with Crippen molar-refractivity contribution in [2.24, 2.45) is 0 Å². The third-order valence-corrected chi connectivity index (χ3v) is 5.85. The van der Waals surface area contributed by atoms with E-state index in [4.69, 9.17) is 9.47 Å². The van der Waals surface area contributed by atoms with Crippen molar-refractivity contribution in [3.8, 4) is 17.2 Å². The highest BCUT2D eigenvalue weighted by molar-refractivity contribution is 5.77. The minimum atomic E-state index is 0.00523. The average molecular weight is 451 g/mol. The summed E-state index contributed by atoms with van der Waals surface area (Å²) in [6.45, 7) is 7.78. The van der Waals surface area contributed by atoms with Crippen molar-refractivity contribution in [2.75, 3.05) is 39.9 Å². The van der Waals surface area contributed by atoms with Gasteiger partial charge in [-0.1, -0.05) is 26.0 Å². The van der Waals surface area contributed by atoms with Crippen LogP contribution in [0.5, 0.6) is 11.5 Å². The van der Waals surface area contributed by atoms with Crippen molar-refractivity contribution < 1.29 is 14.3 Å². The molecule has 33 heavy (non-hydrogen) atoms. The van der Waals surface area contributed by atoms with Gasteiger partial charge in [-0.2, -0.15) is 4.68 Å². The summed E-state index contributed by atoms with van der Waals surface area (Å²) in [6, 6.07) is 15.5. The Hall–Kier alpha value is -3.46. The van der Waals surface area contributed by atoms with Crippen molar-refractivity contribution in [1.29, 1.82) is 0 Å². The number of benzene rings is 2. The van der Waals surface area contributed by atoms with E-state index in [0.29, 0.717) is 25.6 Å². The van der Waals surface area contributed by atoms with Gasteiger partial charge in [0.15, 0.2) is 12.4 Å². The molecule has 0 bridgehead atoms. The second-order valence-electron chi connectivity index (χ2n) is 8.37. The molecule has 1 amide bonds. The first-order valence-corrected chi connectivity index (χ1v) is 11.2. The number of methoxy groups -OCH3 is 1. The highest BCUT2D eigenvalue weighted by atomic mass is 16.5. The average Bonchev–Trinajstić information content (AvgIpc) is 3.31. The van der Waals surface area contributed by atoms with Gasteiger partial charge in [0.1, 0.15) is 11.5 Å². The number of carbonyl (C=O) groups is 1. The van der Waals surface area contributed by atoms with Gasteiger partial charge < -0.3 is 14.4 Å². The molecule has 0 N–H and O–H groups in total. The van der Waals surface area contributed by atoms with Crippen LogP contribution >= 0.6 is 0 Å². The van der Waals surface area contributed by atoms with Crippen LogP contribution in [0.4, 0.5) is 0 Å². The molecule has 0 radical (unpaired) electrons. The summed E-state index contributed by atoms with van der Waals surface area (Å²) in [6.07, 6.45) is 0. The van der Waals surface area contributed by atoms with Gasteiger partial charge in [-0.15, -0.1) is 5.10 Å². The molecule has 1 aliphatic heterocycles. The molecule has 0 atom stereocenters. The van der Waals surface area contributed by atoms with Crippen molar-refractivity contribution >= 4 is 5.91 Å². The number of amides is 1. The Bertz CT molecular complexity index is 1040. The number of rotatable bonds is 8. The van der Waals surface area contributed by atoms with E-state index in [-0.39, 0.29) is 12.5 Å². The van der Waals surface area contributed by atoms with Crippen LogP contribution in [0.2, 0.25) is 0 Å². The molecule has 1 aliphatic rings. The fraction of sp³-hybridized carbons (Fsp3) is 0.417. The van der Waals surface area contributed by atoms with Crippen LogP contribution in [0.3, 0.4) is 0 Å². The van der Waals surface area contributed by atoms with Crippen molar-refractivity contribution in [1.82, 2.24) is 30.0 Å². The Balaban J connectivity index is 1.26. The summed E-state index contributed by atoms with van der Waals surface area (Å²) in [5.74, 6) is 2.74. The molecule has 1 fully saturated rings. The second-order valence-corrected chi connectivity index (χ2v) is 8.37. The van der Waals surface area contributed by atoms with E-state index in [1.807, 2.05) is 53.4 Å². The molecule has 1 saturated heterocycles. The van der Waals surface area contributed by atoms with Crippen LogP contribution in [-0.4, -0.2) is 75.8 Å². The molecule has 0 spiro atoms. The zero-order chi connectivity index (χ0) is 23.2. The highest BCUT2D eigenvalue weighted by Gasteiger charge is 2.23. The van der Waals surface area contributed by atoms with Crippen LogP contribution in [-0.2, 0) is 11.3 Å². The molecule has 2 heterocycles. The molecular formula is C24H30N6O3. The third-order valence-electron chi connectivity index (χ3n) is 5.85. The van der Waals surface area contributed by atoms with Gasteiger partial charge in [0.2, 0.25) is 0 Å².